The molecule has 0 aliphatic rings. The fourth-order valence-electron chi connectivity index (χ4n) is 0.278. The number of rotatable bonds is 3. The first kappa shape index (κ1) is 7.91. The first-order valence-electron chi connectivity index (χ1n) is 2.42. The minimum absolute atomic E-state index is 0.254. The van der Waals surface area contributed by atoms with Crippen molar-refractivity contribution in [2.45, 2.75) is 0 Å². The summed E-state index contributed by atoms with van der Waals surface area (Å²) in [5.74, 6) is -0.396. The maximum Gasteiger partial charge on any atom is 0.252 e. The quantitative estimate of drug-likeness (QED) is 0.313. The van der Waals surface area contributed by atoms with E-state index in [1.54, 1.807) is 0 Å². The molecule has 9 heavy (non-hydrogen) atoms. The average Bonchev–Trinajstić information content (AvgIpc) is 1.87. The smallest absolute Gasteiger partial charge is 0.252 e. The summed E-state index contributed by atoms with van der Waals surface area (Å²) >= 11 is 0. The minimum Gasteiger partial charge on any atom is -0.376 e. The lowest BCUT2D eigenvalue weighted by Gasteiger charge is -1.97. The lowest BCUT2D eigenvalue weighted by atomic mass is 10.3. The van der Waals surface area contributed by atoms with Gasteiger partial charge in [0.1, 0.15) is 6.73 Å². The predicted molar refractivity (Wildman–Crippen MR) is 34.6 cm³/mol. The van der Waals surface area contributed by atoms with Crippen LogP contribution in [0.1, 0.15) is 0 Å². The Balaban J connectivity index is 3.73. The van der Waals surface area contributed by atoms with E-state index < -0.39 is 5.91 Å². The van der Waals surface area contributed by atoms with Gasteiger partial charge in [0, 0.05) is 5.57 Å². The number of carbonyl (C=O) groups excluding carboxylic acids is 1. The summed E-state index contributed by atoms with van der Waals surface area (Å²) < 4.78 is 0. The molecule has 0 heterocycles. The zero-order chi connectivity index (χ0) is 7.28. The highest BCUT2D eigenvalue weighted by molar-refractivity contribution is 5.95. The lowest BCUT2D eigenvalue weighted by Crippen LogP contribution is -2.24. The van der Waals surface area contributed by atoms with Crippen LogP contribution in [0.2, 0.25) is 0 Å². The molecular formula is C6H9NO2. The Morgan fingerprint density at radius 2 is 2.33 bits per heavy atom. The summed E-state index contributed by atoms with van der Waals surface area (Å²) in [4.78, 5) is 10.5. The van der Waals surface area contributed by atoms with E-state index in [-0.39, 0.29) is 12.3 Å². The number of aliphatic hydroxyl groups is 1. The van der Waals surface area contributed by atoms with Crippen LogP contribution < -0.4 is 5.32 Å². The molecule has 0 fully saturated rings. The molecule has 0 saturated heterocycles. The van der Waals surface area contributed by atoms with Crippen molar-refractivity contribution in [1.82, 2.24) is 5.32 Å². The Morgan fingerprint density at radius 3 is 2.67 bits per heavy atom. The third kappa shape index (κ3) is 2.66. The number of hydrogen-bond acceptors (Lipinski definition) is 2. The van der Waals surface area contributed by atoms with Crippen LogP contribution in [0, 0.1) is 0 Å². The second-order valence-corrected chi connectivity index (χ2v) is 1.39. The molecule has 0 aliphatic carbocycles. The van der Waals surface area contributed by atoms with E-state index in [0.717, 1.165) is 0 Å². The molecule has 1 amide bonds. The average molecular weight is 127 g/mol. The highest BCUT2D eigenvalue weighted by atomic mass is 16.3. The molecular weight excluding hydrogens is 118 g/mol. The fraction of sp³-hybridized carbons (Fsp3) is 0.167. The Kier molecular flexibility index (Phi) is 3.39. The maximum absolute atomic E-state index is 10.5. The van der Waals surface area contributed by atoms with Gasteiger partial charge < -0.3 is 10.4 Å². The summed E-state index contributed by atoms with van der Waals surface area (Å²) in [6, 6.07) is 0. The molecule has 3 heteroatoms. The number of aliphatic hydroxyl groups excluding tert-OH is 1. The Hall–Kier alpha value is -1.09. The third-order valence-electron chi connectivity index (χ3n) is 0.778. The van der Waals surface area contributed by atoms with Crippen molar-refractivity contribution in [3.8, 4) is 0 Å². The van der Waals surface area contributed by atoms with Crippen molar-refractivity contribution < 1.29 is 9.90 Å². The van der Waals surface area contributed by atoms with Crippen molar-refractivity contribution in [2.75, 3.05) is 6.73 Å². The molecule has 3 nitrogen and oxygen atoms in total. The van der Waals surface area contributed by atoms with Crippen molar-refractivity contribution in [3.63, 3.8) is 0 Å². The number of carbonyl (C=O) groups is 1. The summed E-state index contributed by atoms with van der Waals surface area (Å²) in [6.45, 7) is 6.30. The van der Waals surface area contributed by atoms with Crippen LogP contribution in [-0.4, -0.2) is 17.7 Å². The zero-order valence-corrected chi connectivity index (χ0v) is 5.05. The van der Waals surface area contributed by atoms with Gasteiger partial charge in [0.2, 0.25) is 0 Å². The fourth-order valence-corrected chi connectivity index (χ4v) is 0.278. The molecule has 0 atom stereocenters. The van der Waals surface area contributed by atoms with Crippen LogP contribution in [-0.2, 0) is 4.79 Å². The van der Waals surface area contributed by atoms with Crippen LogP contribution in [0.5, 0.6) is 0 Å². The molecule has 0 spiro atoms. The van der Waals surface area contributed by atoms with Crippen LogP contribution in [0.25, 0.3) is 0 Å². The molecule has 0 saturated carbocycles. The molecule has 0 radical (unpaired) electrons. The van der Waals surface area contributed by atoms with E-state index in [9.17, 15) is 4.79 Å². The van der Waals surface area contributed by atoms with Gasteiger partial charge in [0.05, 0.1) is 0 Å². The Morgan fingerprint density at radius 1 is 1.78 bits per heavy atom. The van der Waals surface area contributed by atoms with E-state index in [4.69, 9.17) is 5.11 Å². The van der Waals surface area contributed by atoms with E-state index in [1.807, 2.05) is 0 Å². The van der Waals surface area contributed by atoms with E-state index in [1.165, 1.54) is 6.08 Å². The monoisotopic (exact) mass is 127 g/mol. The molecule has 0 aromatic carbocycles. The largest absolute Gasteiger partial charge is 0.376 e. The lowest BCUT2D eigenvalue weighted by molar-refractivity contribution is -0.118. The number of amides is 1. The van der Waals surface area contributed by atoms with E-state index in [0.29, 0.717) is 0 Å². The SMILES string of the molecule is C=CC(=C)C(=O)NCO. The first-order valence-corrected chi connectivity index (χ1v) is 2.42. The van der Waals surface area contributed by atoms with Gasteiger partial charge in [-0.2, -0.15) is 0 Å². The normalized spacial score (nSPS) is 8.11. The predicted octanol–water partition coefficient (Wildman–Crippen LogP) is -0.205. The van der Waals surface area contributed by atoms with Gasteiger partial charge >= 0.3 is 0 Å². The second kappa shape index (κ2) is 3.86. The standard InChI is InChI=1S/C6H9NO2/c1-3-5(2)6(9)7-4-8/h3,8H,1-2,4H2,(H,7,9). The Labute approximate surface area is 53.7 Å². The van der Waals surface area contributed by atoms with Gasteiger partial charge in [0.25, 0.3) is 5.91 Å². The molecule has 0 aliphatic heterocycles. The van der Waals surface area contributed by atoms with Crippen LogP contribution in [0.15, 0.2) is 24.8 Å². The summed E-state index contributed by atoms with van der Waals surface area (Å²) in [6.07, 6.45) is 1.32. The van der Waals surface area contributed by atoms with E-state index in [2.05, 4.69) is 18.5 Å². The summed E-state index contributed by atoms with van der Waals surface area (Å²) in [5.41, 5.74) is 0.254. The van der Waals surface area contributed by atoms with Crippen molar-refractivity contribution >= 4 is 5.91 Å². The van der Waals surface area contributed by atoms with Crippen molar-refractivity contribution in [1.29, 1.82) is 0 Å². The molecule has 0 unspecified atom stereocenters. The molecule has 0 rings (SSSR count). The topological polar surface area (TPSA) is 49.3 Å². The molecule has 50 valence electrons. The van der Waals surface area contributed by atoms with Gasteiger partial charge in [-0.3, -0.25) is 4.79 Å². The first-order chi connectivity index (χ1) is 4.22. The zero-order valence-electron chi connectivity index (χ0n) is 5.05. The van der Waals surface area contributed by atoms with Gasteiger partial charge in [-0.05, 0) is 0 Å². The van der Waals surface area contributed by atoms with Crippen LogP contribution in [0.4, 0.5) is 0 Å². The molecule has 0 bridgehead atoms. The highest BCUT2D eigenvalue weighted by Crippen LogP contribution is 1.87. The number of nitrogens with one attached hydrogen (secondary N) is 1. The van der Waals surface area contributed by atoms with E-state index >= 15 is 0 Å². The van der Waals surface area contributed by atoms with Gasteiger partial charge in [0.15, 0.2) is 0 Å². The second-order valence-electron chi connectivity index (χ2n) is 1.39. The van der Waals surface area contributed by atoms with Gasteiger partial charge in [-0.15, -0.1) is 0 Å². The third-order valence-corrected chi connectivity index (χ3v) is 0.778. The summed E-state index contributed by atoms with van der Waals surface area (Å²) in [5, 5.41) is 10.3. The minimum atomic E-state index is -0.396. The van der Waals surface area contributed by atoms with Gasteiger partial charge in [-0.1, -0.05) is 19.2 Å². The van der Waals surface area contributed by atoms with Crippen molar-refractivity contribution in [3.05, 3.63) is 24.8 Å². The molecule has 0 aromatic rings. The van der Waals surface area contributed by atoms with Crippen LogP contribution >= 0.6 is 0 Å². The molecule has 2 N–H and O–H groups in total. The summed E-state index contributed by atoms with van der Waals surface area (Å²) in [7, 11) is 0. The maximum atomic E-state index is 10.5. The van der Waals surface area contributed by atoms with Crippen LogP contribution in [0.3, 0.4) is 0 Å². The Bertz CT molecular complexity index is 140. The van der Waals surface area contributed by atoms with Crippen molar-refractivity contribution in [2.24, 2.45) is 0 Å². The highest BCUT2D eigenvalue weighted by Gasteiger charge is 1.98. The molecule has 0 aromatic heterocycles. The van der Waals surface area contributed by atoms with Gasteiger partial charge in [-0.25, -0.2) is 0 Å². The number of hydrogen-bond donors (Lipinski definition) is 2.